The van der Waals surface area contributed by atoms with Crippen LogP contribution in [-0.2, 0) is 6.42 Å². The fraction of sp³-hybridized carbons (Fsp3) is 0.0476. The molecule has 1 aromatic heterocycles. The maximum absolute atomic E-state index is 3.29. The molecular weight excluding hydrogens is 284 g/mol. The van der Waals surface area contributed by atoms with E-state index in [0.717, 1.165) is 16.9 Å². The quantitative estimate of drug-likeness (QED) is 0.568. The molecule has 0 spiro atoms. The average Bonchev–Trinajstić information content (AvgIpc) is 3.08. The Morgan fingerprint density at radius 1 is 0.818 bits per heavy atom. The predicted molar refractivity (Wildman–Crippen MR) is 95.9 cm³/mol. The van der Waals surface area contributed by atoms with Crippen LogP contribution in [0.5, 0.6) is 0 Å². The van der Waals surface area contributed by atoms with Crippen molar-refractivity contribution in [3.8, 4) is 11.8 Å². The lowest BCUT2D eigenvalue weighted by Crippen LogP contribution is -1.87. The van der Waals surface area contributed by atoms with E-state index in [4.69, 9.17) is 0 Å². The van der Waals surface area contributed by atoms with Gasteiger partial charge in [0, 0.05) is 5.56 Å². The minimum Gasteiger partial charge on any atom is -0.135 e. The third-order valence-electron chi connectivity index (χ3n) is 3.31. The van der Waals surface area contributed by atoms with Gasteiger partial charge in [0.2, 0.25) is 0 Å². The molecule has 0 atom stereocenters. The van der Waals surface area contributed by atoms with Crippen molar-refractivity contribution in [1.29, 1.82) is 0 Å². The van der Waals surface area contributed by atoms with Gasteiger partial charge in [-0.3, -0.25) is 0 Å². The van der Waals surface area contributed by atoms with Crippen LogP contribution in [-0.4, -0.2) is 0 Å². The van der Waals surface area contributed by atoms with E-state index in [9.17, 15) is 0 Å². The first-order valence-corrected chi connectivity index (χ1v) is 8.15. The van der Waals surface area contributed by atoms with Gasteiger partial charge in [-0.05, 0) is 35.1 Å². The number of allylic oxidation sites excluding steroid dienone is 1. The Bertz CT molecular complexity index is 800. The summed E-state index contributed by atoms with van der Waals surface area (Å²) < 4.78 is 0. The lowest BCUT2D eigenvalue weighted by atomic mass is 10.0. The van der Waals surface area contributed by atoms with E-state index >= 15 is 0 Å². The molecule has 0 amide bonds. The summed E-state index contributed by atoms with van der Waals surface area (Å²) in [6.45, 7) is 0. The third-order valence-corrected chi connectivity index (χ3v) is 4.09. The Kier molecular flexibility index (Phi) is 4.87. The van der Waals surface area contributed by atoms with Crippen molar-refractivity contribution in [2.24, 2.45) is 0 Å². The summed E-state index contributed by atoms with van der Waals surface area (Å²) in [5.74, 6) is 6.52. The molecular formula is C21H16S. The van der Waals surface area contributed by atoms with Crippen molar-refractivity contribution in [3.63, 3.8) is 0 Å². The van der Waals surface area contributed by atoms with E-state index in [1.54, 1.807) is 11.3 Å². The Morgan fingerprint density at radius 2 is 1.64 bits per heavy atom. The van der Waals surface area contributed by atoms with E-state index in [2.05, 4.69) is 77.9 Å². The SMILES string of the molecule is C(#Cc1ccccc1C/C=C/c1ccccc1)c1cccs1. The van der Waals surface area contributed by atoms with Gasteiger partial charge in [0.25, 0.3) is 0 Å². The Balaban J connectivity index is 1.75. The van der Waals surface area contributed by atoms with Crippen molar-refractivity contribution in [3.05, 3.63) is 99.8 Å². The van der Waals surface area contributed by atoms with Crippen LogP contribution in [0.2, 0.25) is 0 Å². The maximum Gasteiger partial charge on any atom is 0.0772 e. The number of rotatable bonds is 3. The molecule has 0 aliphatic rings. The smallest absolute Gasteiger partial charge is 0.0772 e. The number of benzene rings is 2. The van der Waals surface area contributed by atoms with Crippen LogP contribution in [0, 0.1) is 11.8 Å². The van der Waals surface area contributed by atoms with Crippen molar-refractivity contribution >= 4 is 17.4 Å². The van der Waals surface area contributed by atoms with Gasteiger partial charge in [-0.15, -0.1) is 11.3 Å². The van der Waals surface area contributed by atoms with Crippen molar-refractivity contribution in [2.75, 3.05) is 0 Å². The Labute approximate surface area is 135 Å². The first-order chi connectivity index (χ1) is 10.9. The molecule has 1 heterocycles. The largest absolute Gasteiger partial charge is 0.135 e. The van der Waals surface area contributed by atoms with Crippen molar-refractivity contribution < 1.29 is 0 Å². The molecule has 3 rings (SSSR count). The molecule has 0 fully saturated rings. The van der Waals surface area contributed by atoms with Gasteiger partial charge in [0.05, 0.1) is 4.88 Å². The normalized spacial score (nSPS) is 10.4. The first-order valence-electron chi connectivity index (χ1n) is 7.27. The first kappa shape index (κ1) is 14.4. The maximum atomic E-state index is 3.29. The summed E-state index contributed by atoms with van der Waals surface area (Å²) in [5, 5.41) is 2.05. The Hall–Kier alpha value is -2.56. The highest BCUT2D eigenvalue weighted by molar-refractivity contribution is 7.10. The molecule has 0 saturated heterocycles. The summed E-state index contributed by atoms with van der Waals surface area (Å²) in [4.78, 5) is 1.11. The lowest BCUT2D eigenvalue weighted by molar-refractivity contribution is 1.26. The second kappa shape index (κ2) is 7.45. The zero-order chi connectivity index (χ0) is 15.0. The lowest BCUT2D eigenvalue weighted by Gasteiger charge is -2.00. The highest BCUT2D eigenvalue weighted by Gasteiger charge is 1.97. The molecule has 0 nitrogen and oxygen atoms in total. The molecule has 0 aliphatic heterocycles. The highest BCUT2D eigenvalue weighted by atomic mass is 32.1. The van der Waals surface area contributed by atoms with Crippen molar-refractivity contribution in [1.82, 2.24) is 0 Å². The minimum atomic E-state index is 0.893. The van der Waals surface area contributed by atoms with Crippen LogP contribution in [0.25, 0.3) is 6.08 Å². The molecule has 0 N–H and O–H groups in total. The second-order valence-electron chi connectivity index (χ2n) is 4.90. The zero-order valence-corrected chi connectivity index (χ0v) is 13.0. The number of thiophene rings is 1. The predicted octanol–water partition coefficient (Wildman–Crippen LogP) is 5.40. The van der Waals surface area contributed by atoms with Crippen LogP contribution in [0.1, 0.15) is 21.6 Å². The highest BCUT2D eigenvalue weighted by Crippen LogP contribution is 2.12. The number of hydrogen-bond donors (Lipinski definition) is 0. The summed E-state index contributed by atoms with van der Waals surface area (Å²) >= 11 is 1.68. The molecule has 1 heteroatoms. The molecule has 22 heavy (non-hydrogen) atoms. The molecule has 106 valence electrons. The standard InChI is InChI=1S/C21H16S/c1-2-8-18(9-3-1)10-6-13-19-11-4-5-12-20(19)15-16-21-14-7-17-22-21/h1-12,14,17H,13H2/b10-6+. The monoisotopic (exact) mass is 300 g/mol. The van der Waals surface area contributed by atoms with Crippen LogP contribution < -0.4 is 0 Å². The fourth-order valence-corrected chi connectivity index (χ4v) is 2.76. The molecule has 0 bridgehead atoms. The minimum absolute atomic E-state index is 0.893. The average molecular weight is 300 g/mol. The van der Waals surface area contributed by atoms with Gasteiger partial charge >= 0.3 is 0 Å². The van der Waals surface area contributed by atoms with Gasteiger partial charge < -0.3 is 0 Å². The van der Waals surface area contributed by atoms with Gasteiger partial charge in [-0.2, -0.15) is 0 Å². The van der Waals surface area contributed by atoms with E-state index in [1.165, 1.54) is 11.1 Å². The van der Waals surface area contributed by atoms with Crippen molar-refractivity contribution in [2.45, 2.75) is 6.42 Å². The Morgan fingerprint density at radius 3 is 2.45 bits per heavy atom. The summed E-state index contributed by atoms with van der Waals surface area (Å²) in [7, 11) is 0. The van der Waals surface area contributed by atoms with Gasteiger partial charge in [0.15, 0.2) is 0 Å². The van der Waals surface area contributed by atoms with E-state index in [-0.39, 0.29) is 0 Å². The van der Waals surface area contributed by atoms with Gasteiger partial charge in [-0.25, -0.2) is 0 Å². The van der Waals surface area contributed by atoms with Gasteiger partial charge in [-0.1, -0.05) is 78.6 Å². The third kappa shape index (κ3) is 3.97. The molecule has 0 radical (unpaired) electrons. The van der Waals surface area contributed by atoms with Gasteiger partial charge in [0.1, 0.15) is 0 Å². The fourth-order valence-electron chi connectivity index (χ4n) is 2.18. The van der Waals surface area contributed by atoms with Crippen LogP contribution in [0.15, 0.2) is 78.2 Å². The van der Waals surface area contributed by atoms with Crippen LogP contribution in [0.4, 0.5) is 0 Å². The van der Waals surface area contributed by atoms with E-state index in [1.807, 2.05) is 18.2 Å². The zero-order valence-electron chi connectivity index (χ0n) is 12.2. The van der Waals surface area contributed by atoms with E-state index in [0.29, 0.717) is 0 Å². The van der Waals surface area contributed by atoms with Crippen LogP contribution >= 0.6 is 11.3 Å². The molecule has 3 aromatic rings. The summed E-state index contributed by atoms with van der Waals surface area (Å²) in [5.41, 5.74) is 3.59. The van der Waals surface area contributed by atoms with E-state index < -0.39 is 0 Å². The molecule has 2 aromatic carbocycles. The number of hydrogen-bond acceptors (Lipinski definition) is 1. The molecule has 0 aliphatic carbocycles. The second-order valence-corrected chi connectivity index (χ2v) is 5.85. The molecule has 0 unspecified atom stereocenters. The summed E-state index contributed by atoms with van der Waals surface area (Å²) in [6, 6.07) is 22.8. The summed E-state index contributed by atoms with van der Waals surface area (Å²) in [6.07, 6.45) is 5.24. The molecule has 0 saturated carbocycles. The topological polar surface area (TPSA) is 0 Å². The van der Waals surface area contributed by atoms with Crippen LogP contribution in [0.3, 0.4) is 0 Å².